The van der Waals surface area contributed by atoms with Gasteiger partial charge in [0.25, 0.3) is 5.91 Å². The fraction of sp³-hybridized carbons (Fsp3) is 0.318. The van der Waals surface area contributed by atoms with E-state index in [9.17, 15) is 9.18 Å². The zero-order valence-corrected chi connectivity index (χ0v) is 16.7. The van der Waals surface area contributed by atoms with E-state index in [1.165, 1.54) is 12.1 Å². The first kappa shape index (κ1) is 20.0. The highest BCUT2D eigenvalue weighted by Crippen LogP contribution is 2.28. The normalized spacial score (nSPS) is 12.6. The summed E-state index contributed by atoms with van der Waals surface area (Å²) >= 11 is 0. The van der Waals surface area contributed by atoms with Gasteiger partial charge >= 0.3 is 0 Å². The molecule has 0 atom stereocenters. The molecule has 0 radical (unpaired) electrons. The van der Waals surface area contributed by atoms with Crippen molar-refractivity contribution in [3.8, 4) is 11.6 Å². The van der Waals surface area contributed by atoms with Gasteiger partial charge in [-0.2, -0.15) is 5.10 Å². The van der Waals surface area contributed by atoms with Crippen molar-refractivity contribution in [1.29, 1.82) is 0 Å². The van der Waals surface area contributed by atoms with Crippen molar-refractivity contribution in [2.24, 2.45) is 0 Å². The van der Waals surface area contributed by atoms with Gasteiger partial charge in [-0.15, -0.1) is 0 Å². The molecule has 156 valence electrons. The molecule has 2 aromatic heterocycles. The van der Waals surface area contributed by atoms with Crippen LogP contribution in [0.1, 0.15) is 33.7 Å². The van der Waals surface area contributed by atoms with Crippen LogP contribution in [0, 0.1) is 5.82 Å². The second kappa shape index (κ2) is 9.04. The van der Waals surface area contributed by atoms with E-state index in [2.05, 4.69) is 15.4 Å². The summed E-state index contributed by atoms with van der Waals surface area (Å²) < 4.78 is 25.7. The Morgan fingerprint density at radius 2 is 2.03 bits per heavy atom. The molecule has 7 nitrogen and oxygen atoms in total. The first-order valence-electron chi connectivity index (χ1n) is 9.88. The number of carbonyl (C=O) groups excluding carboxylic acids is 1. The first-order chi connectivity index (χ1) is 14.7. The van der Waals surface area contributed by atoms with Gasteiger partial charge in [0.05, 0.1) is 12.3 Å². The van der Waals surface area contributed by atoms with E-state index in [0.717, 1.165) is 41.8 Å². The van der Waals surface area contributed by atoms with Gasteiger partial charge in [-0.25, -0.2) is 14.1 Å². The molecule has 0 spiro atoms. The van der Waals surface area contributed by atoms with Crippen molar-refractivity contribution < 1.29 is 18.7 Å². The SMILES string of the molecule is COCCOc1ncccc1CNC(=O)c1nn(-c2ccc(F)cc2)c2c1CCC2. The van der Waals surface area contributed by atoms with E-state index in [1.54, 1.807) is 36.2 Å². The van der Waals surface area contributed by atoms with Gasteiger partial charge in [0.2, 0.25) is 5.88 Å². The molecule has 0 saturated heterocycles. The van der Waals surface area contributed by atoms with Crippen LogP contribution in [0.2, 0.25) is 0 Å². The molecule has 4 rings (SSSR count). The molecule has 0 fully saturated rings. The van der Waals surface area contributed by atoms with E-state index >= 15 is 0 Å². The average molecular weight is 410 g/mol. The summed E-state index contributed by atoms with van der Waals surface area (Å²) in [5.74, 6) is -0.0851. The summed E-state index contributed by atoms with van der Waals surface area (Å²) in [6, 6.07) is 9.78. The second-order valence-electron chi connectivity index (χ2n) is 7.01. The lowest BCUT2D eigenvalue weighted by molar-refractivity contribution is 0.0943. The van der Waals surface area contributed by atoms with Crippen molar-refractivity contribution in [3.05, 3.63) is 70.9 Å². The molecule has 2 heterocycles. The number of nitrogens with one attached hydrogen (secondary N) is 1. The van der Waals surface area contributed by atoms with Crippen molar-refractivity contribution in [2.75, 3.05) is 20.3 Å². The van der Waals surface area contributed by atoms with E-state index < -0.39 is 0 Å². The number of ether oxygens (including phenoxy) is 2. The fourth-order valence-corrected chi connectivity index (χ4v) is 3.59. The largest absolute Gasteiger partial charge is 0.475 e. The minimum Gasteiger partial charge on any atom is -0.475 e. The van der Waals surface area contributed by atoms with Crippen molar-refractivity contribution in [1.82, 2.24) is 20.1 Å². The van der Waals surface area contributed by atoms with Gasteiger partial charge < -0.3 is 14.8 Å². The second-order valence-corrected chi connectivity index (χ2v) is 7.01. The van der Waals surface area contributed by atoms with Crippen molar-refractivity contribution in [3.63, 3.8) is 0 Å². The number of methoxy groups -OCH3 is 1. The number of hydrogen-bond donors (Lipinski definition) is 1. The van der Waals surface area contributed by atoms with Crippen molar-refractivity contribution >= 4 is 5.91 Å². The van der Waals surface area contributed by atoms with Gasteiger partial charge in [-0.05, 0) is 49.6 Å². The lowest BCUT2D eigenvalue weighted by atomic mass is 10.2. The van der Waals surface area contributed by atoms with E-state index in [-0.39, 0.29) is 18.3 Å². The predicted octanol–water partition coefficient (Wildman–Crippen LogP) is 2.85. The number of halogens is 1. The Labute approximate surface area is 173 Å². The zero-order valence-electron chi connectivity index (χ0n) is 16.7. The molecule has 1 amide bonds. The Morgan fingerprint density at radius 1 is 1.20 bits per heavy atom. The average Bonchev–Trinajstić information content (AvgIpc) is 3.37. The minimum atomic E-state index is -0.305. The Bertz CT molecular complexity index is 1030. The van der Waals surface area contributed by atoms with Crippen LogP contribution >= 0.6 is 0 Å². The molecule has 1 aliphatic rings. The fourth-order valence-electron chi connectivity index (χ4n) is 3.59. The number of benzene rings is 1. The summed E-state index contributed by atoms with van der Waals surface area (Å²) in [7, 11) is 1.60. The third kappa shape index (κ3) is 4.18. The monoisotopic (exact) mass is 410 g/mol. The maximum absolute atomic E-state index is 13.3. The number of nitrogens with zero attached hydrogens (tertiary/aromatic N) is 3. The standard InChI is InChI=1S/C22H23FN4O3/c1-29-12-13-30-22-15(4-3-11-24-22)14-25-21(28)20-18-5-2-6-19(18)27(26-20)17-9-7-16(23)8-10-17/h3-4,7-11H,2,5-6,12-14H2,1H3,(H,25,28). The van der Waals surface area contributed by atoms with Crippen molar-refractivity contribution in [2.45, 2.75) is 25.8 Å². The predicted molar refractivity (Wildman–Crippen MR) is 108 cm³/mol. The Kier molecular flexibility index (Phi) is 6.04. The van der Waals surface area contributed by atoms with Crippen LogP contribution < -0.4 is 10.1 Å². The number of aromatic nitrogens is 3. The lowest BCUT2D eigenvalue weighted by Gasteiger charge is -2.10. The summed E-state index contributed by atoms with van der Waals surface area (Å²) in [5.41, 5.74) is 3.90. The summed E-state index contributed by atoms with van der Waals surface area (Å²) in [5, 5.41) is 7.47. The highest BCUT2D eigenvalue weighted by atomic mass is 19.1. The van der Waals surface area contributed by atoms with Crippen LogP contribution in [0.25, 0.3) is 5.69 Å². The van der Waals surface area contributed by atoms with Crippen LogP contribution in [0.15, 0.2) is 42.6 Å². The number of pyridine rings is 1. The third-order valence-electron chi connectivity index (χ3n) is 5.03. The summed E-state index contributed by atoms with van der Waals surface area (Å²) in [6.45, 7) is 1.10. The van der Waals surface area contributed by atoms with E-state index in [4.69, 9.17) is 9.47 Å². The van der Waals surface area contributed by atoms with E-state index in [1.807, 2.05) is 6.07 Å². The lowest BCUT2D eigenvalue weighted by Crippen LogP contribution is -2.25. The highest BCUT2D eigenvalue weighted by molar-refractivity contribution is 5.94. The van der Waals surface area contributed by atoms with Gasteiger partial charge in [0.15, 0.2) is 5.69 Å². The molecule has 30 heavy (non-hydrogen) atoms. The van der Waals surface area contributed by atoms with E-state index in [0.29, 0.717) is 24.8 Å². The molecule has 0 saturated carbocycles. The molecular formula is C22H23FN4O3. The molecule has 8 heteroatoms. The highest BCUT2D eigenvalue weighted by Gasteiger charge is 2.27. The van der Waals surface area contributed by atoms with Crippen LogP contribution in [-0.4, -0.2) is 41.0 Å². The molecule has 0 unspecified atom stereocenters. The zero-order chi connectivity index (χ0) is 20.9. The van der Waals surface area contributed by atoms with Gasteiger partial charge in [0, 0.05) is 36.7 Å². The smallest absolute Gasteiger partial charge is 0.272 e. The molecule has 1 aliphatic carbocycles. The molecule has 1 N–H and O–H groups in total. The van der Waals surface area contributed by atoms with Gasteiger partial charge in [-0.1, -0.05) is 6.07 Å². The molecular weight excluding hydrogens is 387 g/mol. The number of rotatable bonds is 8. The number of carbonyl (C=O) groups is 1. The summed E-state index contributed by atoms with van der Waals surface area (Å²) in [6.07, 6.45) is 4.25. The quantitative estimate of drug-likeness (QED) is 0.578. The Morgan fingerprint density at radius 3 is 2.83 bits per heavy atom. The van der Waals surface area contributed by atoms with Crippen LogP contribution in [0.3, 0.4) is 0 Å². The van der Waals surface area contributed by atoms with Crippen LogP contribution in [0.5, 0.6) is 5.88 Å². The Hall–Kier alpha value is -3.26. The maximum Gasteiger partial charge on any atom is 0.272 e. The van der Waals surface area contributed by atoms with Gasteiger partial charge in [0.1, 0.15) is 12.4 Å². The number of fused-ring (bicyclic) bond motifs is 1. The van der Waals surface area contributed by atoms with Gasteiger partial charge in [-0.3, -0.25) is 4.79 Å². The molecule has 3 aromatic rings. The first-order valence-corrected chi connectivity index (χ1v) is 9.88. The van der Waals surface area contributed by atoms with Crippen LogP contribution in [-0.2, 0) is 24.1 Å². The topological polar surface area (TPSA) is 78.3 Å². The number of amides is 1. The molecule has 1 aromatic carbocycles. The van der Waals surface area contributed by atoms with Crippen LogP contribution in [0.4, 0.5) is 4.39 Å². The minimum absolute atomic E-state index is 0.249. The Balaban J connectivity index is 1.51. The summed E-state index contributed by atoms with van der Waals surface area (Å²) in [4.78, 5) is 17.2. The molecule has 0 bridgehead atoms. The molecule has 0 aliphatic heterocycles. The number of hydrogen-bond acceptors (Lipinski definition) is 5. The third-order valence-corrected chi connectivity index (χ3v) is 5.03. The maximum atomic E-state index is 13.3.